The van der Waals surface area contributed by atoms with E-state index in [-0.39, 0.29) is 0 Å². The third kappa shape index (κ3) is 6.83. The maximum atomic E-state index is 6.01. The first-order valence-corrected chi connectivity index (χ1v) is 10.4. The number of benzene rings is 3. The number of methoxy groups -OCH3 is 1. The fourth-order valence-electron chi connectivity index (χ4n) is 2.98. The summed E-state index contributed by atoms with van der Waals surface area (Å²) in [6, 6.07) is 22.1. The fraction of sp³-hybridized carbons (Fsp3) is 0.200. The highest BCUT2D eigenvalue weighted by Gasteiger charge is 2.07. The lowest BCUT2D eigenvalue weighted by Crippen LogP contribution is -2.31. The molecule has 6 heteroatoms. The smallest absolute Gasteiger partial charge is 0.187 e. The molecular weight excluding hydrogens is 406 g/mol. The second-order valence-corrected chi connectivity index (χ2v) is 7.58. The largest absolute Gasteiger partial charge is 0.493 e. The van der Waals surface area contributed by atoms with E-state index in [0.29, 0.717) is 29.8 Å². The molecule has 0 fully saturated rings. The molecule has 0 heterocycles. The summed E-state index contributed by atoms with van der Waals surface area (Å²) in [5, 5.41) is 7.78. The average molecular weight is 434 g/mol. The number of hydrazone groups is 1. The molecule has 3 aromatic carbocycles. The molecule has 0 unspecified atom stereocenters. The molecule has 0 bridgehead atoms. The van der Waals surface area contributed by atoms with Gasteiger partial charge in [0.15, 0.2) is 16.6 Å². The molecule has 0 aliphatic rings. The third-order valence-electron chi connectivity index (χ3n) is 4.75. The SMILES string of the molecule is COc1cc(/C=N\NC(=S)NCc2ccccc2)ccc1OCc1cc(C)ccc1C. The Bertz CT molecular complexity index is 1050. The van der Waals surface area contributed by atoms with Crippen LogP contribution in [0.2, 0.25) is 0 Å². The van der Waals surface area contributed by atoms with Gasteiger partial charge in [0.05, 0.1) is 13.3 Å². The third-order valence-corrected chi connectivity index (χ3v) is 4.99. The summed E-state index contributed by atoms with van der Waals surface area (Å²) in [6.07, 6.45) is 1.69. The van der Waals surface area contributed by atoms with Crippen LogP contribution in [-0.2, 0) is 13.2 Å². The molecule has 0 aliphatic heterocycles. The van der Waals surface area contributed by atoms with Gasteiger partial charge < -0.3 is 14.8 Å². The standard InChI is InChI=1S/C25H27N3O2S/c1-18-9-10-19(2)22(13-18)17-30-23-12-11-21(14-24(23)29-3)16-27-28-25(31)26-15-20-7-5-4-6-8-20/h4-14,16H,15,17H2,1-3H3,(H2,26,28,31)/b27-16-. The van der Waals surface area contributed by atoms with Crippen molar-refractivity contribution >= 4 is 23.5 Å². The van der Waals surface area contributed by atoms with Crippen LogP contribution in [0.15, 0.2) is 71.8 Å². The van der Waals surface area contributed by atoms with Gasteiger partial charge in [-0.15, -0.1) is 0 Å². The molecule has 0 saturated carbocycles. The lowest BCUT2D eigenvalue weighted by Gasteiger charge is -2.13. The van der Waals surface area contributed by atoms with Crippen molar-refractivity contribution in [2.75, 3.05) is 7.11 Å². The molecule has 31 heavy (non-hydrogen) atoms. The molecule has 160 valence electrons. The highest BCUT2D eigenvalue weighted by Crippen LogP contribution is 2.28. The van der Waals surface area contributed by atoms with Gasteiger partial charge in [-0.25, -0.2) is 0 Å². The van der Waals surface area contributed by atoms with Gasteiger partial charge in [0.2, 0.25) is 0 Å². The molecule has 0 spiro atoms. The van der Waals surface area contributed by atoms with Crippen molar-refractivity contribution in [1.82, 2.24) is 10.7 Å². The maximum absolute atomic E-state index is 6.01. The lowest BCUT2D eigenvalue weighted by molar-refractivity contribution is 0.284. The summed E-state index contributed by atoms with van der Waals surface area (Å²) in [7, 11) is 1.63. The Balaban J connectivity index is 1.55. The number of nitrogens with one attached hydrogen (secondary N) is 2. The van der Waals surface area contributed by atoms with E-state index in [1.807, 2.05) is 48.5 Å². The minimum Gasteiger partial charge on any atom is -0.493 e. The number of aryl methyl sites for hydroxylation is 2. The van der Waals surface area contributed by atoms with Crippen molar-refractivity contribution in [3.05, 3.63) is 94.5 Å². The Hall–Kier alpha value is -3.38. The van der Waals surface area contributed by atoms with E-state index in [0.717, 1.165) is 16.7 Å². The van der Waals surface area contributed by atoms with Gasteiger partial charge in [-0.2, -0.15) is 5.10 Å². The van der Waals surface area contributed by atoms with E-state index in [4.69, 9.17) is 21.7 Å². The zero-order valence-electron chi connectivity index (χ0n) is 18.0. The molecule has 0 aromatic heterocycles. The number of thiocarbonyl (C=S) groups is 1. The van der Waals surface area contributed by atoms with Gasteiger partial charge in [-0.3, -0.25) is 5.43 Å². The van der Waals surface area contributed by atoms with Crippen LogP contribution in [-0.4, -0.2) is 18.4 Å². The van der Waals surface area contributed by atoms with Crippen LogP contribution in [0.3, 0.4) is 0 Å². The Morgan fingerprint density at radius 2 is 1.81 bits per heavy atom. The minimum atomic E-state index is 0.459. The van der Waals surface area contributed by atoms with Crippen molar-refractivity contribution in [1.29, 1.82) is 0 Å². The normalized spacial score (nSPS) is 10.7. The van der Waals surface area contributed by atoms with Crippen molar-refractivity contribution in [3.8, 4) is 11.5 Å². The van der Waals surface area contributed by atoms with E-state index in [1.165, 1.54) is 11.1 Å². The summed E-state index contributed by atoms with van der Waals surface area (Å²) in [5.41, 5.74) is 8.43. The predicted octanol–water partition coefficient (Wildman–Crippen LogP) is 4.89. The first-order chi connectivity index (χ1) is 15.0. The van der Waals surface area contributed by atoms with Crippen molar-refractivity contribution in [2.24, 2.45) is 5.10 Å². The monoisotopic (exact) mass is 433 g/mol. The summed E-state index contributed by atoms with van der Waals surface area (Å²) in [5.74, 6) is 1.34. The van der Waals surface area contributed by atoms with Crippen molar-refractivity contribution < 1.29 is 9.47 Å². The van der Waals surface area contributed by atoms with Crippen molar-refractivity contribution in [2.45, 2.75) is 27.0 Å². The topological polar surface area (TPSA) is 54.9 Å². The summed E-state index contributed by atoms with van der Waals surface area (Å²) in [4.78, 5) is 0. The molecule has 5 nitrogen and oxygen atoms in total. The number of rotatable bonds is 8. The van der Waals surface area contributed by atoms with Gasteiger partial charge in [-0.1, -0.05) is 54.1 Å². The molecular formula is C25H27N3O2S. The van der Waals surface area contributed by atoms with E-state index in [1.54, 1.807) is 13.3 Å². The lowest BCUT2D eigenvalue weighted by atomic mass is 10.1. The molecule has 0 atom stereocenters. The predicted molar refractivity (Wildman–Crippen MR) is 130 cm³/mol. The van der Waals surface area contributed by atoms with Crippen LogP contribution in [0.5, 0.6) is 11.5 Å². The maximum Gasteiger partial charge on any atom is 0.187 e. The fourth-order valence-corrected chi connectivity index (χ4v) is 3.10. The summed E-state index contributed by atoms with van der Waals surface area (Å²) < 4.78 is 11.5. The summed E-state index contributed by atoms with van der Waals surface area (Å²) in [6.45, 7) is 5.29. The Morgan fingerprint density at radius 1 is 1.00 bits per heavy atom. The van der Waals surface area contributed by atoms with Crippen LogP contribution in [0.1, 0.15) is 27.8 Å². The second-order valence-electron chi connectivity index (χ2n) is 7.17. The zero-order chi connectivity index (χ0) is 22.1. The molecule has 0 aliphatic carbocycles. The van der Waals surface area contributed by atoms with E-state index >= 15 is 0 Å². The molecule has 0 radical (unpaired) electrons. The number of ether oxygens (including phenoxy) is 2. The molecule has 0 saturated heterocycles. The van der Waals surface area contributed by atoms with Crippen LogP contribution >= 0.6 is 12.2 Å². The first kappa shape index (κ1) is 22.3. The highest BCUT2D eigenvalue weighted by atomic mass is 32.1. The van der Waals surface area contributed by atoms with E-state index in [9.17, 15) is 0 Å². The molecule has 0 amide bonds. The first-order valence-electron chi connectivity index (χ1n) is 10.0. The van der Waals surface area contributed by atoms with Crippen LogP contribution in [0, 0.1) is 13.8 Å². The van der Waals surface area contributed by atoms with E-state index < -0.39 is 0 Å². The number of hydrogen-bond donors (Lipinski definition) is 2. The number of hydrogen-bond acceptors (Lipinski definition) is 4. The van der Waals surface area contributed by atoms with Gasteiger partial charge in [0.1, 0.15) is 6.61 Å². The minimum absolute atomic E-state index is 0.459. The molecule has 2 N–H and O–H groups in total. The zero-order valence-corrected chi connectivity index (χ0v) is 18.8. The Kier molecular flexibility index (Phi) is 8.01. The van der Waals surface area contributed by atoms with Crippen molar-refractivity contribution in [3.63, 3.8) is 0 Å². The van der Waals surface area contributed by atoms with Gasteiger partial charge in [0.25, 0.3) is 0 Å². The van der Waals surface area contributed by atoms with Crippen LogP contribution in [0.4, 0.5) is 0 Å². The van der Waals surface area contributed by atoms with Crippen LogP contribution < -0.4 is 20.2 Å². The second kappa shape index (κ2) is 11.1. The quantitative estimate of drug-likeness (QED) is 0.301. The van der Waals surface area contributed by atoms with Gasteiger partial charge >= 0.3 is 0 Å². The highest BCUT2D eigenvalue weighted by molar-refractivity contribution is 7.80. The van der Waals surface area contributed by atoms with E-state index in [2.05, 4.69) is 47.9 Å². The molecule has 3 rings (SSSR count). The Labute approximate surface area is 189 Å². The average Bonchev–Trinajstić information content (AvgIpc) is 2.79. The summed E-state index contributed by atoms with van der Waals surface area (Å²) >= 11 is 5.26. The number of nitrogens with zero attached hydrogens (tertiary/aromatic N) is 1. The molecule has 3 aromatic rings. The van der Waals surface area contributed by atoms with Gasteiger partial charge in [0, 0.05) is 6.54 Å². The Morgan fingerprint density at radius 3 is 2.58 bits per heavy atom. The van der Waals surface area contributed by atoms with Gasteiger partial charge in [-0.05, 0) is 66.5 Å². The van der Waals surface area contributed by atoms with Crippen LogP contribution in [0.25, 0.3) is 0 Å².